The highest BCUT2D eigenvalue weighted by atomic mass is 16.5. The van der Waals surface area contributed by atoms with Gasteiger partial charge in [-0.15, -0.1) is 5.10 Å². The summed E-state index contributed by atoms with van der Waals surface area (Å²) in [5.74, 6) is 1.05. The van der Waals surface area contributed by atoms with Gasteiger partial charge in [-0.25, -0.2) is 9.50 Å². The number of carbonyl (C=O) groups excluding carboxylic acids is 2. The third-order valence-electron chi connectivity index (χ3n) is 4.47. The fraction of sp³-hybridized carbons (Fsp3) is 0.150. The van der Waals surface area contributed by atoms with E-state index >= 15 is 0 Å². The Morgan fingerprint density at radius 3 is 2.83 bits per heavy atom. The Morgan fingerprint density at radius 1 is 1.13 bits per heavy atom. The van der Waals surface area contributed by atoms with Gasteiger partial charge in [-0.05, 0) is 31.0 Å². The Balaban J connectivity index is 1.30. The van der Waals surface area contributed by atoms with Gasteiger partial charge in [0.15, 0.2) is 11.5 Å². The molecule has 10 heteroatoms. The lowest BCUT2D eigenvalue weighted by atomic mass is 10.3. The molecule has 30 heavy (non-hydrogen) atoms. The zero-order chi connectivity index (χ0) is 20.5. The zero-order valence-corrected chi connectivity index (χ0v) is 15.6. The molecule has 0 aliphatic heterocycles. The summed E-state index contributed by atoms with van der Waals surface area (Å²) < 4.78 is 12.2. The minimum Gasteiger partial charge on any atom is -0.438 e. The Bertz CT molecular complexity index is 1230. The second kappa shape index (κ2) is 7.32. The summed E-state index contributed by atoms with van der Waals surface area (Å²) in [4.78, 5) is 28.3. The number of nitrogens with zero attached hydrogens (tertiary/aromatic N) is 4. The first-order valence-corrected chi connectivity index (χ1v) is 9.31. The molecule has 1 saturated carbocycles. The van der Waals surface area contributed by atoms with Crippen LogP contribution in [0.3, 0.4) is 0 Å². The van der Waals surface area contributed by atoms with Crippen molar-refractivity contribution in [1.29, 1.82) is 0 Å². The van der Waals surface area contributed by atoms with Crippen molar-refractivity contribution in [2.45, 2.75) is 12.8 Å². The largest absolute Gasteiger partial charge is 0.438 e. The molecule has 1 fully saturated rings. The van der Waals surface area contributed by atoms with E-state index in [2.05, 4.69) is 25.9 Å². The topological polar surface area (TPSA) is 124 Å². The summed E-state index contributed by atoms with van der Waals surface area (Å²) in [5, 5.41) is 13.4. The van der Waals surface area contributed by atoms with Crippen molar-refractivity contribution in [2.24, 2.45) is 5.92 Å². The predicted molar refractivity (Wildman–Crippen MR) is 105 cm³/mol. The maximum absolute atomic E-state index is 12.1. The van der Waals surface area contributed by atoms with Gasteiger partial charge in [-0.1, -0.05) is 11.2 Å². The number of rotatable bonds is 6. The summed E-state index contributed by atoms with van der Waals surface area (Å²) in [5.41, 5.74) is 1.12. The van der Waals surface area contributed by atoms with Crippen LogP contribution in [-0.2, 0) is 4.79 Å². The van der Waals surface area contributed by atoms with Crippen LogP contribution < -0.4 is 15.4 Å². The lowest BCUT2D eigenvalue weighted by Gasteiger charge is -2.07. The van der Waals surface area contributed by atoms with E-state index in [1.165, 1.54) is 16.8 Å². The molecule has 150 valence electrons. The molecular weight excluding hydrogens is 388 g/mol. The first-order valence-electron chi connectivity index (χ1n) is 9.31. The fourth-order valence-corrected chi connectivity index (χ4v) is 2.84. The van der Waals surface area contributed by atoms with Crippen molar-refractivity contribution in [3.63, 3.8) is 0 Å². The van der Waals surface area contributed by atoms with Crippen LogP contribution in [0.4, 0.5) is 11.5 Å². The van der Waals surface area contributed by atoms with Crippen molar-refractivity contribution in [2.75, 3.05) is 10.6 Å². The number of anilines is 2. The van der Waals surface area contributed by atoms with Crippen LogP contribution in [0.1, 0.15) is 23.4 Å². The number of nitrogens with one attached hydrogen (secondary N) is 2. The van der Waals surface area contributed by atoms with Gasteiger partial charge in [-0.3, -0.25) is 9.59 Å². The average Bonchev–Trinajstić information content (AvgIpc) is 3.29. The number of aromatic nitrogens is 4. The molecule has 10 nitrogen and oxygen atoms in total. The molecule has 2 N–H and O–H groups in total. The monoisotopic (exact) mass is 404 g/mol. The Labute approximate surface area is 169 Å². The zero-order valence-electron chi connectivity index (χ0n) is 15.6. The summed E-state index contributed by atoms with van der Waals surface area (Å²) >= 11 is 0. The SMILES string of the molecule is O=C(Nc1cccc(Oc2ccc3nc(NC(=O)C4CC4)cn3n2)c1)c1ccno1. The normalized spacial score (nSPS) is 13.2. The molecular formula is C20H16N6O4. The molecule has 1 aromatic carbocycles. The molecule has 0 atom stereocenters. The van der Waals surface area contributed by atoms with Crippen LogP contribution in [-0.4, -0.2) is 31.6 Å². The van der Waals surface area contributed by atoms with Crippen LogP contribution in [0.2, 0.25) is 0 Å². The van der Waals surface area contributed by atoms with E-state index < -0.39 is 5.91 Å². The van der Waals surface area contributed by atoms with E-state index in [9.17, 15) is 9.59 Å². The highest BCUT2D eigenvalue weighted by Crippen LogP contribution is 2.30. The van der Waals surface area contributed by atoms with Gasteiger partial charge in [0, 0.05) is 29.8 Å². The first kappa shape index (κ1) is 17.9. The minimum absolute atomic E-state index is 0.0147. The van der Waals surface area contributed by atoms with Gasteiger partial charge < -0.3 is 19.9 Å². The van der Waals surface area contributed by atoms with Crippen LogP contribution in [0.5, 0.6) is 11.6 Å². The van der Waals surface area contributed by atoms with Gasteiger partial charge in [0.25, 0.3) is 5.91 Å². The number of hydrogen-bond donors (Lipinski definition) is 2. The average molecular weight is 404 g/mol. The van der Waals surface area contributed by atoms with Crippen molar-refractivity contribution in [1.82, 2.24) is 19.8 Å². The predicted octanol–water partition coefficient (Wildman–Crippen LogP) is 3.11. The number of ether oxygens (including phenoxy) is 1. The second-order valence-electron chi connectivity index (χ2n) is 6.82. The number of imidazole rings is 1. The van der Waals surface area contributed by atoms with Crippen molar-refractivity contribution >= 4 is 29.0 Å². The molecule has 2 amide bonds. The highest BCUT2D eigenvalue weighted by Gasteiger charge is 2.30. The van der Waals surface area contributed by atoms with Gasteiger partial charge >= 0.3 is 0 Å². The Kier molecular flexibility index (Phi) is 4.36. The molecule has 5 rings (SSSR count). The van der Waals surface area contributed by atoms with E-state index in [-0.39, 0.29) is 17.6 Å². The number of amides is 2. The van der Waals surface area contributed by atoms with E-state index in [1.54, 1.807) is 42.6 Å². The third kappa shape index (κ3) is 3.83. The molecule has 4 aromatic rings. The van der Waals surface area contributed by atoms with Crippen LogP contribution in [0, 0.1) is 5.92 Å². The quantitative estimate of drug-likeness (QED) is 0.506. The standard InChI is InChI=1S/C20H16N6O4/c27-19(12-4-5-12)24-16-11-26-17(23-16)6-7-18(25-26)29-14-3-1-2-13(10-14)22-20(28)15-8-9-21-30-15/h1-3,6-12H,4-5H2,(H,22,28)(H,24,27). The molecule has 3 heterocycles. The molecule has 1 aliphatic carbocycles. The lowest BCUT2D eigenvalue weighted by Crippen LogP contribution is -2.13. The molecule has 0 radical (unpaired) electrons. The maximum atomic E-state index is 12.1. The number of hydrogen-bond acceptors (Lipinski definition) is 7. The molecule has 1 aliphatic rings. The second-order valence-corrected chi connectivity index (χ2v) is 6.82. The first-order chi connectivity index (χ1) is 14.6. The number of benzene rings is 1. The molecule has 0 saturated heterocycles. The van der Waals surface area contributed by atoms with E-state index in [1.807, 2.05) is 0 Å². The highest BCUT2D eigenvalue weighted by molar-refractivity contribution is 6.02. The van der Waals surface area contributed by atoms with Gasteiger partial charge in [-0.2, -0.15) is 0 Å². The summed E-state index contributed by atoms with van der Waals surface area (Å²) in [7, 11) is 0. The van der Waals surface area contributed by atoms with E-state index in [0.717, 1.165) is 12.8 Å². The maximum Gasteiger partial charge on any atom is 0.294 e. The summed E-state index contributed by atoms with van der Waals surface area (Å²) in [6.45, 7) is 0. The summed E-state index contributed by atoms with van der Waals surface area (Å²) in [6.07, 6.45) is 4.88. The van der Waals surface area contributed by atoms with Crippen LogP contribution in [0.15, 0.2) is 59.4 Å². The van der Waals surface area contributed by atoms with Crippen molar-refractivity contribution in [3.05, 3.63) is 60.6 Å². The van der Waals surface area contributed by atoms with E-state index in [4.69, 9.17) is 9.26 Å². The fourth-order valence-electron chi connectivity index (χ4n) is 2.84. The molecule has 0 unspecified atom stereocenters. The van der Waals surface area contributed by atoms with Crippen molar-refractivity contribution < 1.29 is 18.8 Å². The van der Waals surface area contributed by atoms with E-state index in [0.29, 0.717) is 28.8 Å². The van der Waals surface area contributed by atoms with Gasteiger partial charge in [0.2, 0.25) is 17.5 Å². The number of fused-ring (bicyclic) bond motifs is 1. The smallest absolute Gasteiger partial charge is 0.294 e. The van der Waals surface area contributed by atoms with Gasteiger partial charge in [0.1, 0.15) is 5.75 Å². The van der Waals surface area contributed by atoms with Crippen molar-refractivity contribution in [3.8, 4) is 11.6 Å². The molecule has 0 spiro atoms. The van der Waals surface area contributed by atoms with Crippen LogP contribution in [0.25, 0.3) is 5.65 Å². The minimum atomic E-state index is -0.414. The third-order valence-corrected chi connectivity index (χ3v) is 4.47. The molecule has 0 bridgehead atoms. The molecule has 3 aromatic heterocycles. The number of carbonyl (C=O) groups is 2. The summed E-state index contributed by atoms with van der Waals surface area (Å²) in [6, 6.07) is 11.8. The Morgan fingerprint density at radius 2 is 2.03 bits per heavy atom. The van der Waals surface area contributed by atoms with Gasteiger partial charge in [0.05, 0.1) is 12.4 Å². The Hall–Kier alpha value is -4.21. The van der Waals surface area contributed by atoms with Crippen LogP contribution >= 0.6 is 0 Å². The lowest BCUT2D eigenvalue weighted by molar-refractivity contribution is -0.117.